The van der Waals surface area contributed by atoms with Crippen LogP contribution >= 0.6 is 23.2 Å². The Bertz CT molecular complexity index is 1510. The van der Waals surface area contributed by atoms with Gasteiger partial charge in [-0.05, 0) is 43.2 Å². The van der Waals surface area contributed by atoms with Crippen LogP contribution in [0.25, 0.3) is 28.5 Å². The maximum Gasteiger partial charge on any atom is 0.253 e. The van der Waals surface area contributed by atoms with Crippen molar-refractivity contribution in [1.29, 1.82) is 5.41 Å². The van der Waals surface area contributed by atoms with Crippen LogP contribution in [0, 0.1) is 5.41 Å². The highest BCUT2D eigenvalue weighted by Gasteiger charge is 2.23. The number of hydrogen-bond acceptors (Lipinski definition) is 8. The largest absolute Gasteiger partial charge is 0.416 e. The number of likely N-dealkylation sites (tertiary alicyclic amines) is 1. The molecule has 0 radical (unpaired) electrons. The summed E-state index contributed by atoms with van der Waals surface area (Å²) >= 11 is 12.6. The number of nitrogens with two attached hydrogens (primary N) is 1. The minimum Gasteiger partial charge on any atom is -0.416 e. The van der Waals surface area contributed by atoms with Gasteiger partial charge < -0.3 is 25.8 Å². The van der Waals surface area contributed by atoms with Crippen molar-refractivity contribution in [3.05, 3.63) is 88.2 Å². The van der Waals surface area contributed by atoms with E-state index in [9.17, 15) is 4.79 Å². The van der Waals surface area contributed by atoms with Crippen molar-refractivity contribution in [2.45, 2.75) is 18.9 Å². The zero-order chi connectivity index (χ0) is 27.4. The van der Waals surface area contributed by atoms with Crippen LogP contribution in [0.3, 0.4) is 0 Å². The Morgan fingerprint density at radius 3 is 2.41 bits per heavy atom. The number of piperidine rings is 1. The third-order valence-corrected chi connectivity index (χ3v) is 7.15. The molecule has 0 aliphatic carbocycles. The molecule has 9 nitrogen and oxygen atoms in total. The minimum absolute atomic E-state index is 0.0474. The first kappa shape index (κ1) is 26.4. The number of amides is 1. The Hall–Kier alpha value is -4.21. The molecule has 5 rings (SSSR count). The number of nitrogens with one attached hydrogen (secondary N) is 2. The van der Waals surface area contributed by atoms with E-state index in [1.807, 2.05) is 35.2 Å². The lowest BCUT2D eigenvalue weighted by Gasteiger charge is -2.32. The molecule has 0 atom stereocenters. The Labute approximate surface area is 235 Å². The lowest BCUT2D eigenvalue weighted by atomic mass is 10.0. The van der Waals surface area contributed by atoms with E-state index < -0.39 is 0 Å². The number of carbonyl (C=O) groups is 1. The zero-order valence-electron chi connectivity index (χ0n) is 20.8. The smallest absolute Gasteiger partial charge is 0.253 e. The molecule has 4 N–H and O–H groups in total. The van der Waals surface area contributed by atoms with E-state index >= 15 is 0 Å². The Morgan fingerprint density at radius 1 is 1.03 bits per heavy atom. The van der Waals surface area contributed by atoms with Crippen LogP contribution in [-0.4, -0.2) is 51.3 Å². The molecule has 0 spiro atoms. The number of hydrogen-bond donors (Lipinski definition) is 3. The molecule has 198 valence electrons. The number of nitrogen functional groups attached to an aromatic ring is 1. The van der Waals surface area contributed by atoms with Crippen LogP contribution in [0.15, 0.2) is 71.4 Å². The lowest BCUT2D eigenvalue weighted by Crippen LogP contribution is -2.43. The number of carbonyl (C=O) groups excluding carboxylic acids is 1. The molecule has 2 aromatic carbocycles. The molecule has 0 unspecified atom stereocenters. The van der Waals surface area contributed by atoms with E-state index in [0.29, 0.717) is 51.0 Å². The highest BCUT2D eigenvalue weighted by molar-refractivity contribution is 6.38. The van der Waals surface area contributed by atoms with E-state index in [1.165, 1.54) is 6.21 Å². The van der Waals surface area contributed by atoms with Gasteiger partial charge in [-0.1, -0.05) is 47.5 Å². The highest BCUT2D eigenvalue weighted by Crippen LogP contribution is 2.36. The van der Waals surface area contributed by atoms with E-state index in [0.717, 1.165) is 12.8 Å². The van der Waals surface area contributed by atoms with Gasteiger partial charge in [0.05, 0.1) is 21.2 Å². The molecule has 0 bridgehead atoms. The molecular weight excluding hydrogens is 537 g/mol. The number of nitrogens with zero attached hydrogens (tertiary/aromatic N) is 4. The van der Waals surface area contributed by atoms with Crippen LogP contribution in [-0.2, 0) is 0 Å². The second kappa shape index (κ2) is 11.7. The fourth-order valence-electron chi connectivity index (χ4n) is 4.37. The molecule has 1 saturated heterocycles. The van der Waals surface area contributed by atoms with Gasteiger partial charge in [-0.2, -0.15) is 0 Å². The normalized spacial score (nSPS) is 14.3. The number of allylic oxidation sites excluding steroid dienone is 1. The van der Waals surface area contributed by atoms with E-state index in [2.05, 4.69) is 20.5 Å². The maximum atomic E-state index is 12.7. The average Bonchev–Trinajstić information content (AvgIpc) is 3.44. The van der Waals surface area contributed by atoms with Crippen LogP contribution in [0.2, 0.25) is 10.0 Å². The molecule has 1 amide bonds. The quantitative estimate of drug-likeness (QED) is 0.251. The third kappa shape index (κ3) is 5.79. The molecule has 0 saturated carbocycles. The van der Waals surface area contributed by atoms with Crippen molar-refractivity contribution in [1.82, 2.24) is 25.4 Å². The first-order valence-corrected chi connectivity index (χ1v) is 13.1. The van der Waals surface area contributed by atoms with Gasteiger partial charge >= 0.3 is 0 Å². The predicted molar refractivity (Wildman–Crippen MR) is 153 cm³/mol. The second-order valence-corrected chi connectivity index (χ2v) is 9.82. The first-order chi connectivity index (χ1) is 18.9. The summed E-state index contributed by atoms with van der Waals surface area (Å²) < 4.78 is 5.85. The topological polar surface area (TPSA) is 134 Å². The highest BCUT2D eigenvalue weighted by atomic mass is 35.5. The number of benzene rings is 2. The van der Waals surface area contributed by atoms with Gasteiger partial charge in [-0.3, -0.25) is 4.79 Å². The number of rotatable bonds is 7. The van der Waals surface area contributed by atoms with E-state index in [4.69, 9.17) is 38.8 Å². The Morgan fingerprint density at radius 2 is 1.72 bits per heavy atom. The van der Waals surface area contributed by atoms with Crippen molar-refractivity contribution >= 4 is 46.7 Å². The summed E-state index contributed by atoms with van der Waals surface area (Å²) in [4.78, 5) is 18.9. The number of pyridine rings is 1. The van der Waals surface area contributed by atoms with Crippen LogP contribution < -0.4 is 11.1 Å². The summed E-state index contributed by atoms with van der Waals surface area (Å²) in [6, 6.07) is 16.3. The number of halogens is 2. The van der Waals surface area contributed by atoms with Crippen molar-refractivity contribution < 1.29 is 9.21 Å². The molecule has 11 heteroatoms. The van der Waals surface area contributed by atoms with Crippen molar-refractivity contribution in [3.63, 3.8) is 0 Å². The fraction of sp³-hybridized carbons (Fsp3) is 0.179. The summed E-state index contributed by atoms with van der Waals surface area (Å²) in [5.74, 6) is 0.561. The zero-order valence-corrected chi connectivity index (χ0v) is 22.3. The maximum absolute atomic E-state index is 12.7. The second-order valence-electron chi connectivity index (χ2n) is 9.01. The van der Waals surface area contributed by atoms with Gasteiger partial charge in [0, 0.05) is 54.4 Å². The van der Waals surface area contributed by atoms with Gasteiger partial charge in [-0.25, -0.2) is 4.98 Å². The number of anilines is 1. The Kier molecular flexibility index (Phi) is 7.90. The molecule has 1 aliphatic rings. The summed E-state index contributed by atoms with van der Waals surface area (Å²) in [6.45, 7) is 1.31. The van der Waals surface area contributed by atoms with Crippen LogP contribution in [0.4, 0.5) is 5.82 Å². The van der Waals surface area contributed by atoms with Crippen molar-refractivity contribution in [2.75, 3.05) is 18.8 Å². The molecule has 1 fully saturated rings. The first-order valence-electron chi connectivity index (χ1n) is 12.3. The van der Waals surface area contributed by atoms with Crippen molar-refractivity contribution in [3.8, 4) is 22.9 Å². The molecule has 3 heterocycles. The SMILES string of the molecule is N=C/C(=C\NC1CCN(C(=O)c2ccccc2)CC1)c1cnc(N)c(-c2nnc(-c3c(Cl)cccc3Cl)o2)c1. The number of aromatic nitrogens is 3. The van der Waals surface area contributed by atoms with Gasteiger partial charge in [0.1, 0.15) is 5.82 Å². The van der Waals surface area contributed by atoms with Gasteiger partial charge in [0.2, 0.25) is 0 Å². The lowest BCUT2D eigenvalue weighted by molar-refractivity contribution is 0.0709. The standard InChI is InChI=1S/C28H25Cl2N7O2/c29-22-7-4-8-23(30)24(22)27-36-35-26(39-27)21-13-18(15-34-25(21)32)19(14-31)16-33-20-9-11-37(12-10-20)28(38)17-5-2-1-3-6-17/h1-8,13-16,20,31,33H,9-12H2,(H2,32,34)/b19-16+,31-14?. The van der Waals surface area contributed by atoms with Gasteiger partial charge in [0.15, 0.2) is 0 Å². The summed E-state index contributed by atoms with van der Waals surface area (Å²) in [5, 5.41) is 20.3. The van der Waals surface area contributed by atoms with E-state index in [1.54, 1.807) is 36.7 Å². The van der Waals surface area contributed by atoms with Crippen LogP contribution in [0.5, 0.6) is 0 Å². The predicted octanol–water partition coefficient (Wildman–Crippen LogP) is 5.57. The summed E-state index contributed by atoms with van der Waals surface area (Å²) in [7, 11) is 0. The van der Waals surface area contributed by atoms with E-state index in [-0.39, 0.29) is 29.5 Å². The third-order valence-electron chi connectivity index (χ3n) is 6.52. The molecule has 4 aromatic rings. The molecule has 1 aliphatic heterocycles. The monoisotopic (exact) mass is 561 g/mol. The Balaban J connectivity index is 1.29. The molecular formula is C28H25Cl2N7O2. The fourth-order valence-corrected chi connectivity index (χ4v) is 4.93. The van der Waals surface area contributed by atoms with Gasteiger partial charge in [0.25, 0.3) is 17.7 Å². The minimum atomic E-state index is 0.0474. The van der Waals surface area contributed by atoms with Crippen LogP contribution in [0.1, 0.15) is 28.8 Å². The average molecular weight is 562 g/mol. The molecule has 39 heavy (non-hydrogen) atoms. The van der Waals surface area contributed by atoms with Gasteiger partial charge in [-0.15, -0.1) is 10.2 Å². The molecule has 2 aromatic heterocycles. The van der Waals surface area contributed by atoms with Crippen molar-refractivity contribution in [2.24, 2.45) is 0 Å². The summed E-state index contributed by atoms with van der Waals surface area (Å²) in [6.07, 6.45) is 6.19. The summed E-state index contributed by atoms with van der Waals surface area (Å²) in [5.41, 5.74) is 8.93.